The fourth-order valence-corrected chi connectivity index (χ4v) is 3.03. The molecule has 0 atom stereocenters. The summed E-state index contributed by atoms with van der Waals surface area (Å²) in [5, 5.41) is 2.94. The summed E-state index contributed by atoms with van der Waals surface area (Å²) in [6, 6.07) is 23.6. The Balaban J connectivity index is 1.47. The highest BCUT2D eigenvalue weighted by Gasteiger charge is 2.10. The molecule has 0 bridgehead atoms. The number of nitrogens with zero attached hydrogens (tertiary/aromatic N) is 1. The maximum Gasteiger partial charge on any atom is 0.227 e. The van der Waals surface area contributed by atoms with Crippen LogP contribution >= 0.6 is 0 Å². The second-order valence-corrected chi connectivity index (χ2v) is 6.60. The molecule has 0 fully saturated rings. The Morgan fingerprint density at radius 1 is 1.00 bits per heavy atom. The Hall–Kier alpha value is -3.40. The zero-order valence-corrected chi connectivity index (χ0v) is 15.1. The van der Waals surface area contributed by atoms with Crippen molar-refractivity contribution in [1.29, 1.82) is 0 Å². The van der Waals surface area contributed by atoms with E-state index in [2.05, 4.69) is 10.3 Å². The molecule has 0 aliphatic heterocycles. The van der Waals surface area contributed by atoms with Gasteiger partial charge in [-0.2, -0.15) is 0 Å². The summed E-state index contributed by atoms with van der Waals surface area (Å²) in [5.41, 5.74) is 5.40. The van der Waals surface area contributed by atoms with Gasteiger partial charge in [0.05, 0.1) is 0 Å². The lowest BCUT2D eigenvalue weighted by atomic mass is 10.1. The van der Waals surface area contributed by atoms with Crippen LogP contribution in [-0.2, 0) is 11.2 Å². The first-order chi connectivity index (χ1) is 13.2. The molecule has 134 valence electrons. The van der Waals surface area contributed by atoms with E-state index in [1.165, 1.54) is 0 Å². The Bertz CT molecular complexity index is 1080. The maximum absolute atomic E-state index is 12.2. The highest BCUT2D eigenvalue weighted by molar-refractivity contribution is 5.93. The van der Waals surface area contributed by atoms with Crippen LogP contribution in [0.1, 0.15) is 17.5 Å². The number of anilines is 1. The molecule has 1 N–H and O–H groups in total. The molecule has 1 heterocycles. The molecule has 0 aliphatic carbocycles. The first kappa shape index (κ1) is 17.0. The number of aromatic nitrogens is 1. The van der Waals surface area contributed by atoms with Crippen LogP contribution in [0.4, 0.5) is 5.69 Å². The maximum atomic E-state index is 12.2. The van der Waals surface area contributed by atoms with Crippen molar-refractivity contribution in [1.82, 2.24) is 4.98 Å². The molecule has 4 aromatic rings. The van der Waals surface area contributed by atoms with Crippen molar-refractivity contribution in [2.75, 3.05) is 5.32 Å². The van der Waals surface area contributed by atoms with Crippen LogP contribution in [0.3, 0.4) is 0 Å². The quantitative estimate of drug-likeness (QED) is 0.523. The highest BCUT2D eigenvalue weighted by atomic mass is 16.3. The van der Waals surface area contributed by atoms with Crippen LogP contribution in [0.15, 0.2) is 77.2 Å². The van der Waals surface area contributed by atoms with Crippen molar-refractivity contribution in [3.63, 3.8) is 0 Å². The minimum Gasteiger partial charge on any atom is -0.436 e. The lowest BCUT2D eigenvalue weighted by Gasteiger charge is -2.05. The van der Waals surface area contributed by atoms with E-state index in [0.717, 1.165) is 22.2 Å². The summed E-state index contributed by atoms with van der Waals surface area (Å²) in [5.74, 6) is 0.567. The molecule has 0 saturated carbocycles. The Kier molecular flexibility index (Phi) is 4.71. The summed E-state index contributed by atoms with van der Waals surface area (Å²) in [4.78, 5) is 16.8. The standard InChI is InChI=1S/C23H20N2O2/c1-16-6-5-9-18(14-16)23-25-20-12-11-19(15-21(20)27-23)24-22(26)13-10-17-7-3-2-4-8-17/h2-9,11-12,14-15H,10,13H2,1H3,(H,24,26). The van der Waals surface area contributed by atoms with Gasteiger partial charge in [0.15, 0.2) is 5.58 Å². The van der Waals surface area contributed by atoms with Gasteiger partial charge in [-0.15, -0.1) is 0 Å². The molecule has 0 radical (unpaired) electrons. The SMILES string of the molecule is Cc1cccc(-c2nc3ccc(NC(=O)CCc4ccccc4)cc3o2)c1. The lowest BCUT2D eigenvalue weighted by molar-refractivity contribution is -0.116. The molecule has 27 heavy (non-hydrogen) atoms. The third-order valence-electron chi connectivity index (χ3n) is 4.42. The molecule has 0 spiro atoms. The van der Waals surface area contributed by atoms with Crippen LogP contribution in [0.2, 0.25) is 0 Å². The number of carbonyl (C=O) groups excluding carboxylic acids is 1. The van der Waals surface area contributed by atoms with Crippen LogP contribution in [-0.4, -0.2) is 10.9 Å². The first-order valence-corrected chi connectivity index (χ1v) is 8.99. The fourth-order valence-electron chi connectivity index (χ4n) is 3.03. The number of nitrogens with one attached hydrogen (secondary N) is 1. The monoisotopic (exact) mass is 356 g/mol. The van der Waals surface area contributed by atoms with E-state index in [4.69, 9.17) is 4.42 Å². The van der Waals surface area contributed by atoms with Gasteiger partial charge in [0.1, 0.15) is 5.52 Å². The molecule has 4 nitrogen and oxygen atoms in total. The summed E-state index contributed by atoms with van der Waals surface area (Å²) < 4.78 is 5.90. The van der Waals surface area contributed by atoms with Crippen molar-refractivity contribution in [3.05, 3.63) is 83.9 Å². The van der Waals surface area contributed by atoms with Crippen LogP contribution in [0, 0.1) is 6.92 Å². The average Bonchev–Trinajstić information content (AvgIpc) is 3.11. The third-order valence-corrected chi connectivity index (χ3v) is 4.42. The van der Waals surface area contributed by atoms with E-state index in [0.29, 0.717) is 30.0 Å². The molecular formula is C23H20N2O2. The van der Waals surface area contributed by atoms with Gasteiger partial charge in [-0.3, -0.25) is 4.79 Å². The predicted octanol–water partition coefficient (Wildman–Crippen LogP) is 5.37. The topological polar surface area (TPSA) is 55.1 Å². The van der Waals surface area contributed by atoms with Gasteiger partial charge in [0.25, 0.3) is 0 Å². The largest absolute Gasteiger partial charge is 0.436 e. The highest BCUT2D eigenvalue weighted by Crippen LogP contribution is 2.26. The molecule has 4 heteroatoms. The summed E-state index contributed by atoms with van der Waals surface area (Å²) in [6.45, 7) is 2.04. The van der Waals surface area contributed by atoms with Crippen molar-refractivity contribution < 1.29 is 9.21 Å². The molecule has 0 unspecified atom stereocenters. The van der Waals surface area contributed by atoms with Gasteiger partial charge in [-0.25, -0.2) is 4.98 Å². The van der Waals surface area contributed by atoms with Crippen LogP contribution in [0.5, 0.6) is 0 Å². The predicted molar refractivity (Wildman–Crippen MR) is 108 cm³/mol. The summed E-state index contributed by atoms with van der Waals surface area (Å²) in [7, 11) is 0. The summed E-state index contributed by atoms with van der Waals surface area (Å²) in [6.07, 6.45) is 1.15. The van der Waals surface area contributed by atoms with Crippen molar-refractivity contribution in [2.45, 2.75) is 19.8 Å². The van der Waals surface area contributed by atoms with Crippen LogP contribution < -0.4 is 5.32 Å². The molecule has 0 saturated heterocycles. The Labute approximate surface area is 157 Å². The van der Waals surface area contributed by atoms with E-state index < -0.39 is 0 Å². The number of fused-ring (bicyclic) bond motifs is 1. The Morgan fingerprint density at radius 2 is 1.85 bits per heavy atom. The zero-order valence-electron chi connectivity index (χ0n) is 15.1. The van der Waals surface area contributed by atoms with Gasteiger partial charge in [-0.1, -0.05) is 48.0 Å². The zero-order chi connectivity index (χ0) is 18.6. The normalized spacial score (nSPS) is 10.9. The van der Waals surface area contributed by atoms with E-state index in [-0.39, 0.29) is 5.91 Å². The minimum atomic E-state index is -0.0170. The van der Waals surface area contributed by atoms with E-state index in [9.17, 15) is 4.79 Å². The fraction of sp³-hybridized carbons (Fsp3) is 0.130. The second kappa shape index (κ2) is 7.46. The number of hydrogen-bond acceptors (Lipinski definition) is 3. The summed E-state index contributed by atoms with van der Waals surface area (Å²) >= 11 is 0. The number of oxazole rings is 1. The van der Waals surface area contributed by atoms with Gasteiger partial charge in [-0.05, 0) is 43.2 Å². The number of amides is 1. The van der Waals surface area contributed by atoms with Gasteiger partial charge in [0, 0.05) is 23.7 Å². The average molecular weight is 356 g/mol. The number of carbonyl (C=O) groups is 1. The van der Waals surface area contributed by atoms with Crippen molar-refractivity contribution in [3.8, 4) is 11.5 Å². The minimum absolute atomic E-state index is 0.0170. The number of aryl methyl sites for hydroxylation is 2. The molecule has 4 rings (SSSR count). The smallest absolute Gasteiger partial charge is 0.227 e. The van der Waals surface area contributed by atoms with E-state index in [1.54, 1.807) is 0 Å². The number of hydrogen-bond donors (Lipinski definition) is 1. The van der Waals surface area contributed by atoms with Crippen molar-refractivity contribution >= 4 is 22.7 Å². The number of rotatable bonds is 5. The molecular weight excluding hydrogens is 336 g/mol. The Morgan fingerprint density at radius 3 is 2.67 bits per heavy atom. The number of benzene rings is 3. The second-order valence-electron chi connectivity index (χ2n) is 6.60. The molecule has 3 aromatic carbocycles. The van der Waals surface area contributed by atoms with Gasteiger partial charge in [0.2, 0.25) is 11.8 Å². The van der Waals surface area contributed by atoms with Crippen molar-refractivity contribution in [2.24, 2.45) is 0 Å². The first-order valence-electron chi connectivity index (χ1n) is 8.99. The van der Waals surface area contributed by atoms with Gasteiger partial charge >= 0.3 is 0 Å². The van der Waals surface area contributed by atoms with E-state index >= 15 is 0 Å². The third kappa shape index (κ3) is 4.06. The molecule has 1 amide bonds. The van der Waals surface area contributed by atoms with E-state index in [1.807, 2.05) is 79.7 Å². The van der Waals surface area contributed by atoms with Crippen LogP contribution in [0.25, 0.3) is 22.6 Å². The molecule has 0 aliphatic rings. The lowest BCUT2D eigenvalue weighted by Crippen LogP contribution is -2.12. The molecule has 1 aromatic heterocycles. The van der Waals surface area contributed by atoms with Gasteiger partial charge < -0.3 is 9.73 Å².